The molecule has 2 aromatic rings. The summed E-state index contributed by atoms with van der Waals surface area (Å²) in [5.41, 5.74) is 2.37. The normalized spacial score (nSPS) is 10.2. The highest BCUT2D eigenvalue weighted by molar-refractivity contribution is 5.94. The van der Waals surface area contributed by atoms with E-state index in [-0.39, 0.29) is 30.7 Å². The van der Waals surface area contributed by atoms with Crippen molar-refractivity contribution in [2.45, 2.75) is 26.7 Å². The Labute approximate surface area is 165 Å². The molecular formula is C21H26N4O3. The summed E-state index contributed by atoms with van der Waals surface area (Å²) in [5, 5.41) is 2.70. The fraction of sp³-hybridized carbons (Fsp3) is 0.333. The van der Waals surface area contributed by atoms with Crippen LogP contribution < -0.4 is 10.2 Å². The van der Waals surface area contributed by atoms with Crippen LogP contribution in [0.1, 0.15) is 25.8 Å². The number of benzene rings is 1. The van der Waals surface area contributed by atoms with E-state index in [1.165, 1.54) is 13.8 Å². The molecular weight excluding hydrogens is 356 g/mol. The van der Waals surface area contributed by atoms with Gasteiger partial charge in [-0.1, -0.05) is 6.07 Å². The van der Waals surface area contributed by atoms with Gasteiger partial charge in [-0.3, -0.25) is 19.4 Å². The smallest absolute Gasteiger partial charge is 0.224 e. The van der Waals surface area contributed by atoms with Crippen molar-refractivity contribution in [1.82, 2.24) is 9.88 Å². The maximum absolute atomic E-state index is 12.5. The Kier molecular flexibility index (Phi) is 7.68. The summed E-state index contributed by atoms with van der Waals surface area (Å²) < 4.78 is 0. The van der Waals surface area contributed by atoms with E-state index in [4.69, 9.17) is 0 Å². The molecule has 0 unspecified atom stereocenters. The number of carbonyl (C=O) groups excluding carboxylic acids is 3. The first kappa shape index (κ1) is 21.1. The highest BCUT2D eigenvalue weighted by Gasteiger charge is 2.16. The number of carbonyl (C=O) groups is 3. The van der Waals surface area contributed by atoms with Gasteiger partial charge in [0.2, 0.25) is 17.7 Å². The Morgan fingerprint density at radius 2 is 1.75 bits per heavy atom. The topological polar surface area (TPSA) is 82.6 Å². The van der Waals surface area contributed by atoms with Gasteiger partial charge in [0.25, 0.3) is 0 Å². The third-order valence-electron chi connectivity index (χ3n) is 4.32. The lowest BCUT2D eigenvalue weighted by atomic mass is 10.2. The van der Waals surface area contributed by atoms with Gasteiger partial charge in [-0.15, -0.1) is 0 Å². The zero-order chi connectivity index (χ0) is 20.5. The van der Waals surface area contributed by atoms with E-state index in [0.717, 1.165) is 12.0 Å². The maximum atomic E-state index is 12.5. The Morgan fingerprint density at radius 1 is 1.04 bits per heavy atom. The van der Waals surface area contributed by atoms with Crippen LogP contribution in [0.4, 0.5) is 11.4 Å². The number of likely N-dealkylation sites (N-methyl/N-ethyl adjacent to an activating group) is 1. The molecule has 0 atom stereocenters. The number of nitrogens with zero attached hydrogens (tertiary/aromatic N) is 3. The van der Waals surface area contributed by atoms with Crippen molar-refractivity contribution in [2.24, 2.45) is 0 Å². The maximum Gasteiger partial charge on any atom is 0.224 e. The summed E-state index contributed by atoms with van der Waals surface area (Å²) in [7, 11) is 1.76. The molecule has 1 aromatic carbocycles. The first-order valence-electron chi connectivity index (χ1n) is 9.15. The average Bonchev–Trinajstić information content (AvgIpc) is 2.66. The molecule has 1 aromatic heterocycles. The quantitative estimate of drug-likeness (QED) is 0.760. The predicted molar refractivity (Wildman–Crippen MR) is 109 cm³/mol. The summed E-state index contributed by atoms with van der Waals surface area (Å²) in [6.07, 6.45) is 4.44. The van der Waals surface area contributed by atoms with E-state index >= 15 is 0 Å². The van der Waals surface area contributed by atoms with Gasteiger partial charge in [0, 0.05) is 64.2 Å². The van der Waals surface area contributed by atoms with Gasteiger partial charge in [0.15, 0.2) is 0 Å². The zero-order valence-corrected chi connectivity index (χ0v) is 16.5. The molecule has 28 heavy (non-hydrogen) atoms. The second-order valence-corrected chi connectivity index (χ2v) is 6.57. The summed E-state index contributed by atoms with van der Waals surface area (Å²) in [6, 6.07) is 10.9. The van der Waals surface area contributed by atoms with Crippen molar-refractivity contribution in [1.29, 1.82) is 0 Å². The first-order chi connectivity index (χ1) is 13.4. The molecule has 3 amide bonds. The minimum atomic E-state index is -0.183. The fourth-order valence-electron chi connectivity index (χ4n) is 2.79. The van der Waals surface area contributed by atoms with E-state index in [1.807, 2.05) is 12.1 Å². The van der Waals surface area contributed by atoms with Gasteiger partial charge < -0.3 is 15.1 Å². The molecule has 0 fully saturated rings. The van der Waals surface area contributed by atoms with Crippen molar-refractivity contribution in [3.05, 3.63) is 54.4 Å². The number of amides is 3. The summed E-state index contributed by atoms with van der Waals surface area (Å²) in [4.78, 5) is 43.0. The van der Waals surface area contributed by atoms with Crippen molar-refractivity contribution >= 4 is 29.1 Å². The lowest BCUT2D eigenvalue weighted by Gasteiger charge is -2.23. The molecule has 0 aliphatic rings. The summed E-state index contributed by atoms with van der Waals surface area (Å²) in [5.74, 6) is -0.372. The third-order valence-corrected chi connectivity index (χ3v) is 4.32. The molecule has 7 nitrogen and oxygen atoms in total. The molecule has 0 saturated heterocycles. The molecule has 0 radical (unpaired) electrons. The Morgan fingerprint density at radius 3 is 2.39 bits per heavy atom. The van der Waals surface area contributed by atoms with Crippen LogP contribution in [0.5, 0.6) is 0 Å². The minimum Gasteiger partial charge on any atom is -0.345 e. The van der Waals surface area contributed by atoms with Gasteiger partial charge >= 0.3 is 0 Å². The highest BCUT2D eigenvalue weighted by atomic mass is 16.2. The molecule has 0 bridgehead atoms. The summed E-state index contributed by atoms with van der Waals surface area (Å²) in [6.45, 7) is 3.76. The second-order valence-electron chi connectivity index (χ2n) is 6.57. The SMILES string of the molecule is CC(=O)Nc1cccc(N(CCC(=O)N(C)CCc2ccncc2)C(C)=O)c1. The van der Waals surface area contributed by atoms with Crippen molar-refractivity contribution in [3.8, 4) is 0 Å². The molecule has 2 rings (SSSR count). The molecule has 0 aliphatic heterocycles. The number of rotatable bonds is 8. The molecule has 0 saturated carbocycles. The number of nitrogens with one attached hydrogen (secondary N) is 1. The van der Waals surface area contributed by atoms with Crippen LogP contribution in [0.25, 0.3) is 0 Å². The van der Waals surface area contributed by atoms with E-state index < -0.39 is 0 Å². The van der Waals surface area contributed by atoms with Crippen LogP contribution in [0.15, 0.2) is 48.8 Å². The fourth-order valence-corrected chi connectivity index (χ4v) is 2.79. The van der Waals surface area contributed by atoms with Gasteiger partial charge in [0.05, 0.1) is 0 Å². The number of hydrogen-bond donors (Lipinski definition) is 1. The summed E-state index contributed by atoms with van der Waals surface area (Å²) >= 11 is 0. The molecule has 148 valence electrons. The van der Waals surface area contributed by atoms with Crippen LogP contribution in [0.2, 0.25) is 0 Å². The van der Waals surface area contributed by atoms with Crippen LogP contribution in [-0.2, 0) is 20.8 Å². The van der Waals surface area contributed by atoms with Crippen molar-refractivity contribution in [3.63, 3.8) is 0 Å². The molecule has 1 heterocycles. The van der Waals surface area contributed by atoms with Gasteiger partial charge in [-0.2, -0.15) is 0 Å². The van der Waals surface area contributed by atoms with Crippen LogP contribution in [0.3, 0.4) is 0 Å². The number of hydrogen-bond acceptors (Lipinski definition) is 4. The Balaban J connectivity index is 1.94. The zero-order valence-electron chi connectivity index (χ0n) is 16.5. The largest absolute Gasteiger partial charge is 0.345 e. The number of pyridine rings is 1. The Bertz CT molecular complexity index is 823. The number of aromatic nitrogens is 1. The first-order valence-corrected chi connectivity index (χ1v) is 9.15. The standard InChI is InChI=1S/C21H26N4O3/c1-16(26)23-19-5-4-6-20(15-19)25(17(2)27)14-10-21(28)24(3)13-9-18-7-11-22-12-8-18/h4-8,11-12,15H,9-10,13-14H2,1-3H3,(H,23,26). The predicted octanol–water partition coefficient (Wildman–Crippen LogP) is 2.48. The molecule has 0 spiro atoms. The second kappa shape index (κ2) is 10.2. The minimum absolute atomic E-state index is 0.0293. The number of anilines is 2. The van der Waals surface area contributed by atoms with Gasteiger partial charge in [-0.25, -0.2) is 0 Å². The van der Waals surface area contributed by atoms with Crippen LogP contribution in [0, 0.1) is 0 Å². The van der Waals surface area contributed by atoms with Gasteiger partial charge in [-0.05, 0) is 42.3 Å². The monoisotopic (exact) mass is 382 g/mol. The highest BCUT2D eigenvalue weighted by Crippen LogP contribution is 2.20. The Hall–Kier alpha value is -3.22. The van der Waals surface area contributed by atoms with Crippen molar-refractivity contribution < 1.29 is 14.4 Å². The third kappa shape index (κ3) is 6.50. The van der Waals surface area contributed by atoms with Crippen molar-refractivity contribution in [2.75, 3.05) is 30.4 Å². The lowest BCUT2D eigenvalue weighted by Crippen LogP contribution is -2.35. The molecule has 0 aliphatic carbocycles. The van der Waals surface area contributed by atoms with E-state index in [9.17, 15) is 14.4 Å². The molecule has 1 N–H and O–H groups in total. The lowest BCUT2D eigenvalue weighted by molar-refractivity contribution is -0.129. The van der Waals surface area contributed by atoms with E-state index in [0.29, 0.717) is 17.9 Å². The average molecular weight is 382 g/mol. The van der Waals surface area contributed by atoms with Crippen LogP contribution >= 0.6 is 0 Å². The van der Waals surface area contributed by atoms with Crippen LogP contribution in [-0.4, -0.2) is 47.7 Å². The van der Waals surface area contributed by atoms with E-state index in [2.05, 4.69) is 10.3 Å². The van der Waals surface area contributed by atoms with Gasteiger partial charge in [0.1, 0.15) is 0 Å². The van der Waals surface area contributed by atoms with E-state index in [1.54, 1.807) is 53.5 Å². The molecule has 7 heteroatoms.